The van der Waals surface area contributed by atoms with Gasteiger partial charge in [-0.3, -0.25) is 4.79 Å². The smallest absolute Gasteiger partial charge is 0.248 e. The maximum atomic E-state index is 11.9. The molecule has 2 aromatic heterocycles. The molecule has 0 spiro atoms. The summed E-state index contributed by atoms with van der Waals surface area (Å²) in [7, 11) is 2.18. The van der Waals surface area contributed by atoms with E-state index in [4.69, 9.17) is 10.7 Å². The van der Waals surface area contributed by atoms with Gasteiger partial charge >= 0.3 is 0 Å². The van der Waals surface area contributed by atoms with E-state index in [-0.39, 0.29) is 0 Å². The van der Waals surface area contributed by atoms with E-state index in [1.807, 2.05) is 32.3 Å². The molecule has 0 bridgehead atoms. The van der Waals surface area contributed by atoms with Crippen LogP contribution in [0.2, 0.25) is 0 Å². The fraction of sp³-hybridized carbons (Fsp3) is 0.310. The molecule has 6 nitrogen and oxygen atoms in total. The number of aromatic nitrogens is 2. The number of H-pyrrole nitrogens is 1. The number of benzene rings is 2. The first-order valence-electron chi connectivity index (χ1n) is 12.2. The molecule has 180 valence electrons. The number of aromatic amines is 1. The molecule has 1 aliphatic heterocycles. The molecule has 6 heteroatoms. The van der Waals surface area contributed by atoms with Gasteiger partial charge in [0.25, 0.3) is 0 Å². The Morgan fingerprint density at radius 3 is 2.37 bits per heavy atom. The summed E-state index contributed by atoms with van der Waals surface area (Å²) in [6.45, 7) is 12.5. The molecule has 3 N–H and O–H groups in total. The van der Waals surface area contributed by atoms with Gasteiger partial charge in [-0.15, -0.1) is 0 Å². The molecular weight excluding hydrogens is 434 g/mol. The van der Waals surface area contributed by atoms with E-state index >= 15 is 0 Å². The fourth-order valence-corrected chi connectivity index (χ4v) is 5.36. The van der Waals surface area contributed by atoms with E-state index in [1.165, 1.54) is 11.3 Å². The number of hydrogen-bond acceptors (Lipinski definition) is 4. The topological polar surface area (TPSA) is 78.2 Å². The Morgan fingerprint density at radius 1 is 0.943 bits per heavy atom. The van der Waals surface area contributed by atoms with Crippen molar-refractivity contribution in [3.63, 3.8) is 0 Å². The Morgan fingerprint density at radius 2 is 1.69 bits per heavy atom. The highest BCUT2D eigenvalue weighted by Crippen LogP contribution is 2.37. The highest BCUT2D eigenvalue weighted by molar-refractivity contribution is 6.00. The summed E-state index contributed by atoms with van der Waals surface area (Å²) in [5.41, 5.74) is 17.1. The van der Waals surface area contributed by atoms with Crippen LogP contribution < -0.4 is 10.6 Å². The van der Waals surface area contributed by atoms with Gasteiger partial charge in [-0.05, 0) is 92.4 Å². The zero-order valence-corrected chi connectivity index (χ0v) is 21.2. The summed E-state index contributed by atoms with van der Waals surface area (Å²) in [5, 5.41) is 1.07. The number of nitrogens with one attached hydrogen (secondary N) is 1. The molecule has 1 aliphatic rings. The number of primary amides is 1. The summed E-state index contributed by atoms with van der Waals surface area (Å²) in [6.07, 6.45) is 3.95. The van der Waals surface area contributed by atoms with Crippen molar-refractivity contribution in [1.82, 2.24) is 14.9 Å². The number of fused-ring (bicyclic) bond motifs is 1. The number of amides is 1. The van der Waals surface area contributed by atoms with Crippen LogP contribution in [0.15, 0.2) is 42.7 Å². The number of likely N-dealkylation sites (N-methyl/N-ethyl adjacent to an activating group) is 1. The highest BCUT2D eigenvalue weighted by Gasteiger charge is 2.19. The van der Waals surface area contributed by atoms with Crippen LogP contribution >= 0.6 is 0 Å². The molecule has 4 aromatic rings. The normalized spacial score (nSPS) is 14.6. The van der Waals surface area contributed by atoms with Gasteiger partial charge in [0.2, 0.25) is 5.91 Å². The maximum Gasteiger partial charge on any atom is 0.248 e. The van der Waals surface area contributed by atoms with Crippen molar-refractivity contribution in [3.8, 4) is 22.3 Å². The lowest BCUT2D eigenvalue weighted by Gasteiger charge is -2.35. The highest BCUT2D eigenvalue weighted by atomic mass is 16.1. The van der Waals surface area contributed by atoms with Gasteiger partial charge in [-0.2, -0.15) is 0 Å². The first-order valence-corrected chi connectivity index (χ1v) is 12.2. The standard InChI is InChI=1S/C29H33N5O/c1-17-12-21(6-7-26(17)34-10-8-33(5)9-11-34)22-14-24-25(16-32-29(24)31-15-22)27-18(2)13-23(28(30)35)19(3)20(27)4/h6-7,12-16H,8-11H2,1-5H3,(H2,30,35)(H,31,32). The molecule has 0 radical (unpaired) electrons. The van der Waals surface area contributed by atoms with Crippen LogP contribution in [0.3, 0.4) is 0 Å². The van der Waals surface area contributed by atoms with Crippen LogP contribution in [-0.2, 0) is 0 Å². The Hall–Kier alpha value is -3.64. The number of carbonyl (C=O) groups is 1. The number of rotatable bonds is 4. The minimum absolute atomic E-state index is 0.390. The predicted octanol–water partition coefficient (Wildman–Crippen LogP) is 4.98. The number of nitrogens with two attached hydrogens (primary N) is 1. The molecule has 1 saturated heterocycles. The quantitative estimate of drug-likeness (QED) is 0.444. The Labute approximate surface area is 206 Å². The minimum Gasteiger partial charge on any atom is -0.369 e. The number of carbonyl (C=O) groups excluding carboxylic acids is 1. The van der Waals surface area contributed by atoms with E-state index < -0.39 is 5.91 Å². The minimum atomic E-state index is -0.390. The van der Waals surface area contributed by atoms with Gasteiger partial charge < -0.3 is 20.5 Å². The molecule has 0 unspecified atom stereocenters. The monoisotopic (exact) mass is 467 g/mol. The van der Waals surface area contributed by atoms with Gasteiger partial charge in [-0.1, -0.05) is 6.07 Å². The third-order valence-corrected chi connectivity index (χ3v) is 7.54. The van der Waals surface area contributed by atoms with Crippen molar-refractivity contribution in [2.24, 2.45) is 5.73 Å². The molecule has 2 aromatic carbocycles. The summed E-state index contributed by atoms with van der Waals surface area (Å²) >= 11 is 0. The van der Waals surface area contributed by atoms with E-state index in [9.17, 15) is 4.79 Å². The van der Waals surface area contributed by atoms with Crippen LogP contribution in [0.5, 0.6) is 0 Å². The van der Waals surface area contributed by atoms with Crippen molar-refractivity contribution >= 4 is 22.6 Å². The molecule has 1 fully saturated rings. The Bertz CT molecular complexity index is 1440. The predicted molar refractivity (Wildman–Crippen MR) is 144 cm³/mol. The first-order chi connectivity index (χ1) is 16.7. The van der Waals surface area contributed by atoms with Crippen molar-refractivity contribution in [2.75, 3.05) is 38.1 Å². The molecule has 0 saturated carbocycles. The second-order valence-electron chi connectivity index (χ2n) is 9.84. The zero-order chi connectivity index (χ0) is 24.9. The van der Waals surface area contributed by atoms with Crippen LogP contribution in [-0.4, -0.2) is 54.0 Å². The second-order valence-corrected chi connectivity index (χ2v) is 9.84. The van der Waals surface area contributed by atoms with E-state index in [2.05, 4.69) is 59.9 Å². The SMILES string of the molecule is Cc1cc(-c2cnc3[nH]cc(-c4c(C)cc(C(N)=O)c(C)c4C)c3c2)ccc1N1CCN(C)CC1. The van der Waals surface area contributed by atoms with Crippen LogP contribution in [0, 0.1) is 27.7 Å². The third kappa shape index (κ3) is 4.08. The lowest BCUT2D eigenvalue weighted by molar-refractivity contribution is 0.0999. The fourth-order valence-electron chi connectivity index (χ4n) is 5.36. The van der Waals surface area contributed by atoms with E-state index in [0.717, 1.165) is 76.2 Å². The van der Waals surface area contributed by atoms with Crippen molar-refractivity contribution in [1.29, 1.82) is 0 Å². The van der Waals surface area contributed by atoms with Gasteiger partial charge in [0.1, 0.15) is 5.65 Å². The Kier molecular flexibility index (Phi) is 5.85. The van der Waals surface area contributed by atoms with Gasteiger partial charge in [0.05, 0.1) is 0 Å². The number of hydrogen-bond donors (Lipinski definition) is 2. The number of aryl methyl sites for hydroxylation is 2. The lowest BCUT2D eigenvalue weighted by Crippen LogP contribution is -2.44. The lowest BCUT2D eigenvalue weighted by atomic mass is 9.89. The van der Waals surface area contributed by atoms with Crippen LogP contribution in [0.1, 0.15) is 32.6 Å². The van der Waals surface area contributed by atoms with E-state index in [1.54, 1.807) is 0 Å². The zero-order valence-electron chi connectivity index (χ0n) is 21.2. The van der Waals surface area contributed by atoms with Crippen molar-refractivity contribution in [3.05, 3.63) is 70.5 Å². The molecule has 3 heterocycles. The molecule has 0 atom stereocenters. The largest absolute Gasteiger partial charge is 0.369 e. The summed E-state index contributed by atoms with van der Waals surface area (Å²) in [4.78, 5) is 24.8. The van der Waals surface area contributed by atoms with Crippen LogP contribution in [0.25, 0.3) is 33.3 Å². The summed E-state index contributed by atoms with van der Waals surface area (Å²) < 4.78 is 0. The Balaban J connectivity index is 1.55. The molecule has 35 heavy (non-hydrogen) atoms. The maximum absolute atomic E-state index is 11.9. The number of nitrogens with zero attached hydrogens (tertiary/aromatic N) is 3. The number of pyridine rings is 1. The summed E-state index contributed by atoms with van der Waals surface area (Å²) in [6, 6.07) is 10.8. The van der Waals surface area contributed by atoms with Crippen molar-refractivity contribution in [2.45, 2.75) is 27.7 Å². The molecular formula is C29H33N5O. The number of piperazine rings is 1. The number of anilines is 1. The van der Waals surface area contributed by atoms with Gasteiger partial charge in [0, 0.05) is 66.3 Å². The molecule has 0 aliphatic carbocycles. The second kappa shape index (κ2) is 8.86. The van der Waals surface area contributed by atoms with Crippen molar-refractivity contribution < 1.29 is 4.79 Å². The average molecular weight is 468 g/mol. The summed E-state index contributed by atoms with van der Waals surface area (Å²) in [5.74, 6) is -0.390. The van der Waals surface area contributed by atoms with E-state index in [0.29, 0.717) is 5.56 Å². The average Bonchev–Trinajstić information content (AvgIpc) is 3.25. The van der Waals surface area contributed by atoms with Crippen LogP contribution in [0.4, 0.5) is 5.69 Å². The van der Waals surface area contributed by atoms with Gasteiger partial charge in [-0.25, -0.2) is 4.98 Å². The first kappa shape index (κ1) is 23.1. The molecule has 5 rings (SSSR count). The third-order valence-electron chi connectivity index (χ3n) is 7.54. The molecule has 1 amide bonds. The van der Waals surface area contributed by atoms with Gasteiger partial charge in [0.15, 0.2) is 0 Å².